The Balaban J connectivity index is 1.72. The van der Waals surface area contributed by atoms with Gasteiger partial charge < -0.3 is 19.0 Å². The molecule has 0 atom stereocenters. The predicted octanol–water partition coefficient (Wildman–Crippen LogP) is 3.38. The zero-order valence-electron chi connectivity index (χ0n) is 13.9. The number of ether oxygens (including phenoxy) is 1. The SMILES string of the molecule is COc1cc(CCC(=O)Nc2ccc3oc(C(F)(F)F)cc(=O)c3c2)on1. The van der Waals surface area contributed by atoms with Crippen molar-refractivity contribution in [1.82, 2.24) is 5.16 Å². The second kappa shape index (κ2) is 7.14. The minimum absolute atomic E-state index is 0.0675. The third kappa shape index (κ3) is 4.27. The first-order valence-corrected chi connectivity index (χ1v) is 7.71. The summed E-state index contributed by atoms with van der Waals surface area (Å²) in [6.45, 7) is 0. The van der Waals surface area contributed by atoms with E-state index >= 15 is 0 Å². The highest BCUT2D eigenvalue weighted by molar-refractivity contribution is 5.93. The summed E-state index contributed by atoms with van der Waals surface area (Å²) in [5, 5.41) is 6.10. The van der Waals surface area contributed by atoms with E-state index < -0.39 is 17.4 Å². The summed E-state index contributed by atoms with van der Waals surface area (Å²) >= 11 is 0. The topological polar surface area (TPSA) is 94.6 Å². The molecule has 2 aromatic heterocycles. The number of rotatable bonds is 5. The summed E-state index contributed by atoms with van der Waals surface area (Å²) < 4.78 is 52.6. The number of benzene rings is 1. The van der Waals surface area contributed by atoms with Gasteiger partial charge >= 0.3 is 6.18 Å². The quantitative estimate of drug-likeness (QED) is 0.727. The van der Waals surface area contributed by atoms with Gasteiger partial charge in [0.2, 0.25) is 11.7 Å². The third-order valence-electron chi connectivity index (χ3n) is 3.64. The molecular formula is C17H13F3N2O5. The summed E-state index contributed by atoms with van der Waals surface area (Å²) in [5.41, 5.74) is -0.815. The lowest BCUT2D eigenvalue weighted by Gasteiger charge is -2.08. The molecule has 0 aliphatic carbocycles. The first-order chi connectivity index (χ1) is 12.8. The number of anilines is 1. The first kappa shape index (κ1) is 18.5. The molecule has 0 aliphatic heterocycles. The maximum Gasteiger partial charge on any atom is 0.449 e. The van der Waals surface area contributed by atoms with Gasteiger partial charge in [0, 0.05) is 30.7 Å². The molecule has 142 valence electrons. The van der Waals surface area contributed by atoms with Crippen molar-refractivity contribution in [2.75, 3.05) is 12.4 Å². The fourth-order valence-electron chi connectivity index (χ4n) is 2.34. The number of carbonyl (C=O) groups is 1. The van der Waals surface area contributed by atoms with Gasteiger partial charge in [-0.25, -0.2) is 0 Å². The number of methoxy groups -OCH3 is 1. The molecule has 10 heteroatoms. The van der Waals surface area contributed by atoms with Crippen molar-refractivity contribution < 1.29 is 31.6 Å². The lowest BCUT2D eigenvalue weighted by molar-refractivity contribution is -0.152. The zero-order valence-corrected chi connectivity index (χ0v) is 13.9. The normalized spacial score (nSPS) is 11.6. The highest BCUT2D eigenvalue weighted by Crippen LogP contribution is 2.30. The third-order valence-corrected chi connectivity index (χ3v) is 3.64. The second-order valence-electron chi connectivity index (χ2n) is 5.57. The van der Waals surface area contributed by atoms with Crippen LogP contribution in [0.3, 0.4) is 0 Å². The molecular weight excluding hydrogens is 369 g/mol. The number of carbonyl (C=O) groups excluding carboxylic acids is 1. The second-order valence-corrected chi connectivity index (χ2v) is 5.57. The maximum atomic E-state index is 12.7. The van der Waals surface area contributed by atoms with Crippen LogP contribution in [-0.4, -0.2) is 18.2 Å². The Kier molecular flexibility index (Phi) is 4.89. The van der Waals surface area contributed by atoms with E-state index in [4.69, 9.17) is 13.7 Å². The van der Waals surface area contributed by atoms with E-state index in [-0.39, 0.29) is 35.4 Å². The van der Waals surface area contributed by atoms with Crippen LogP contribution >= 0.6 is 0 Å². The number of halogens is 3. The summed E-state index contributed by atoms with van der Waals surface area (Å²) in [4.78, 5) is 23.9. The molecule has 7 nitrogen and oxygen atoms in total. The Bertz CT molecular complexity index is 1040. The Labute approximate surface area is 149 Å². The lowest BCUT2D eigenvalue weighted by Crippen LogP contribution is -2.13. The highest BCUT2D eigenvalue weighted by atomic mass is 19.4. The standard InChI is InChI=1S/C17H13F3N2O5/c1-25-16-7-10(27-22-16)3-5-15(24)21-9-2-4-13-11(6-9)12(23)8-14(26-13)17(18,19)20/h2,4,6-8H,3,5H2,1H3,(H,21,24). The van der Waals surface area contributed by atoms with Crippen LogP contribution in [-0.2, 0) is 17.4 Å². The average molecular weight is 382 g/mol. The molecule has 2 heterocycles. The van der Waals surface area contributed by atoms with Crippen LogP contribution in [0.15, 0.2) is 44.1 Å². The summed E-state index contributed by atoms with van der Waals surface area (Å²) in [7, 11) is 1.43. The average Bonchev–Trinajstić information content (AvgIpc) is 3.08. The van der Waals surface area contributed by atoms with Crippen LogP contribution in [0.5, 0.6) is 5.88 Å². The molecule has 0 saturated carbocycles. The highest BCUT2D eigenvalue weighted by Gasteiger charge is 2.34. The van der Waals surface area contributed by atoms with Gasteiger partial charge in [-0.3, -0.25) is 9.59 Å². The van der Waals surface area contributed by atoms with Gasteiger partial charge in [-0.15, -0.1) is 0 Å². The summed E-state index contributed by atoms with van der Waals surface area (Å²) in [6.07, 6.45) is -4.42. The molecule has 3 aromatic rings. The van der Waals surface area contributed by atoms with E-state index in [0.717, 1.165) is 0 Å². The van der Waals surface area contributed by atoms with E-state index in [0.29, 0.717) is 17.7 Å². The maximum absolute atomic E-state index is 12.7. The number of fused-ring (bicyclic) bond motifs is 1. The van der Waals surface area contributed by atoms with Gasteiger partial charge in [-0.05, 0) is 23.4 Å². The van der Waals surface area contributed by atoms with Crippen molar-refractivity contribution >= 4 is 22.6 Å². The molecule has 0 spiro atoms. The summed E-state index contributed by atoms with van der Waals surface area (Å²) in [5.74, 6) is -0.994. The van der Waals surface area contributed by atoms with Crippen molar-refractivity contribution in [3.05, 3.63) is 52.1 Å². The largest absolute Gasteiger partial charge is 0.479 e. The smallest absolute Gasteiger partial charge is 0.449 e. The molecule has 0 aliphatic rings. The Hall–Kier alpha value is -3.30. The van der Waals surface area contributed by atoms with Crippen LogP contribution in [0.4, 0.5) is 18.9 Å². The number of aromatic nitrogens is 1. The zero-order chi connectivity index (χ0) is 19.6. The van der Waals surface area contributed by atoms with Gasteiger partial charge in [0.05, 0.1) is 12.5 Å². The van der Waals surface area contributed by atoms with Crippen LogP contribution in [0.25, 0.3) is 11.0 Å². The van der Waals surface area contributed by atoms with E-state index in [1.807, 2.05) is 0 Å². The molecule has 1 amide bonds. The van der Waals surface area contributed by atoms with Crippen LogP contribution in [0.2, 0.25) is 0 Å². The Morgan fingerprint density at radius 1 is 1.26 bits per heavy atom. The molecule has 27 heavy (non-hydrogen) atoms. The first-order valence-electron chi connectivity index (χ1n) is 7.71. The fraction of sp³-hybridized carbons (Fsp3) is 0.235. The van der Waals surface area contributed by atoms with Crippen molar-refractivity contribution in [3.8, 4) is 5.88 Å². The molecule has 1 aromatic carbocycles. The minimum Gasteiger partial charge on any atom is -0.479 e. The lowest BCUT2D eigenvalue weighted by atomic mass is 10.2. The van der Waals surface area contributed by atoms with Gasteiger partial charge in [-0.2, -0.15) is 13.2 Å². The molecule has 0 fully saturated rings. The molecule has 3 rings (SSSR count). The van der Waals surface area contributed by atoms with Crippen molar-refractivity contribution in [2.24, 2.45) is 0 Å². The van der Waals surface area contributed by atoms with Crippen LogP contribution in [0, 0.1) is 0 Å². The van der Waals surface area contributed by atoms with E-state index in [1.165, 1.54) is 25.3 Å². The Morgan fingerprint density at radius 3 is 2.70 bits per heavy atom. The number of alkyl halides is 3. The minimum atomic E-state index is -4.76. The molecule has 0 radical (unpaired) electrons. The van der Waals surface area contributed by atoms with Gasteiger partial charge in [0.15, 0.2) is 5.43 Å². The van der Waals surface area contributed by atoms with Gasteiger partial charge in [0.1, 0.15) is 11.3 Å². The number of nitrogens with zero attached hydrogens (tertiary/aromatic N) is 1. The van der Waals surface area contributed by atoms with Gasteiger partial charge in [0.25, 0.3) is 5.88 Å². The van der Waals surface area contributed by atoms with Crippen molar-refractivity contribution in [1.29, 1.82) is 0 Å². The van der Waals surface area contributed by atoms with Crippen molar-refractivity contribution in [3.63, 3.8) is 0 Å². The Morgan fingerprint density at radius 2 is 2.04 bits per heavy atom. The predicted molar refractivity (Wildman–Crippen MR) is 87.5 cm³/mol. The fourth-order valence-corrected chi connectivity index (χ4v) is 2.34. The van der Waals surface area contributed by atoms with E-state index in [1.54, 1.807) is 6.07 Å². The van der Waals surface area contributed by atoms with Crippen LogP contribution < -0.4 is 15.5 Å². The van der Waals surface area contributed by atoms with Crippen LogP contribution in [0.1, 0.15) is 17.9 Å². The number of amides is 1. The van der Waals surface area contributed by atoms with E-state index in [2.05, 4.69) is 10.5 Å². The molecule has 0 saturated heterocycles. The van der Waals surface area contributed by atoms with Gasteiger partial charge in [-0.1, -0.05) is 0 Å². The summed E-state index contributed by atoms with van der Waals surface area (Å²) in [6, 6.07) is 5.73. The van der Waals surface area contributed by atoms with Crippen molar-refractivity contribution in [2.45, 2.75) is 19.0 Å². The molecule has 1 N–H and O–H groups in total. The number of nitrogens with one attached hydrogen (secondary N) is 1. The number of aryl methyl sites for hydroxylation is 1. The number of hydrogen-bond donors (Lipinski definition) is 1. The number of hydrogen-bond acceptors (Lipinski definition) is 6. The monoisotopic (exact) mass is 382 g/mol. The molecule has 0 bridgehead atoms. The molecule has 0 unspecified atom stereocenters. The van der Waals surface area contributed by atoms with E-state index in [9.17, 15) is 22.8 Å².